The molecule has 0 bridgehead atoms. The van der Waals surface area contributed by atoms with Gasteiger partial charge in [-0.2, -0.15) is 0 Å². The second-order valence-corrected chi connectivity index (χ2v) is 12.3. The van der Waals surface area contributed by atoms with Crippen molar-refractivity contribution >= 4 is 17.5 Å². The number of rotatable bonds is 8. The zero-order valence-electron chi connectivity index (χ0n) is 24.8. The minimum Gasteiger partial charge on any atom is -0.367 e. The third-order valence-corrected chi connectivity index (χ3v) is 8.45. The van der Waals surface area contributed by atoms with Crippen LogP contribution in [0.4, 0.5) is 18.9 Å². The van der Waals surface area contributed by atoms with Gasteiger partial charge in [-0.3, -0.25) is 14.6 Å². The van der Waals surface area contributed by atoms with Gasteiger partial charge in [-0.25, -0.2) is 13.2 Å². The number of pyridine rings is 1. The quantitative estimate of drug-likeness (QED) is 0.252. The fourth-order valence-corrected chi connectivity index (χ4v) is 6.50. The number of amides is 2. The highest BCUT2D eigenvalue weighted by Crippen LogP contribution is 2.43. The third kappa shape index (κ3) is 5.31. The molecule has 6 rings (SSSR count). The van der Waals surface area contributed by atoms with E-state index in [1.165, 1.54) is 18.2 Å². The summed E-state index contributed by atoms with van der Waals surface area (Å²) in [5, 5.41) is 3.10. The lowest BCUT2D eigenvalue weighted by molar-refractivity contribution is 0.0935. The Labute approximate surface area is 254 Å². The van der Waals surface area contributed by atoms with Crippen molar-refractivity contribution in [2.24, 2.45) is 11.7 Å². The molecule has 44 heavy (non-hydrogen) atoms. The lowest BCUT2D eigenvalue weighted by atomic mass is 9.84. The molecule has 2 aliphatic heterocycles. The first kappa shape index (κ1) is 29.4. The zero-order chi connectivity index (χ0) is 31.3. The number of nitrogens with two attached hydrogens (primary N) is 1. The summed E-state index contributed by atoms with van der Waals surface area (Å²) in [5.74, 6) is -2.97. The van der Waals surface area contributed by atoms with Crippen LogP contribution in [0, 0.1) is 23.4 Å². The molecule has 1 aromatic heterocycles. The van der Waals surface area contributed by atoms with Gasteiger partial charge in [0.2, 0.25) is 0 Å². The highest BCUT2D eigenvalue weighted by atomic mass is 19.2. The molecule has 1 atom stereocenters. The van der Waals surface area contributed by atoms with Crippen molar-refractivity contribution in [2.45, 2.75) is 52.1 Å². The Morgan fingerprint density at radius 2 is 1.73 bits per heavy atom. The van der Waals surface area contributed by atoms with E-state index >= 15 is 0 Å². The van der Waals surface area contributed by atoms with Crippen LogP contribution in [0.15, 0.2) is 60.7 Å². The number of carbonyl (C=O) groups excluding carboxylic acids is 2. The van der Waals surface area contributed by atoms with Gasteiger partial charge in [0, 0.05) is 30.8 Å². The van der Waals surface area contributed by atoms with Gasteiger partial charge in [-0.05, 0) is 84.3 Å². The van der Waals surface area contributed by atoms with Crippen LogP contribution < -0.4 is 16.0 Å². The van der Waals surface area contributed by atoms with E-state index in [1.54, 1.807) is 18.2 Å². The number of hydrogen-bond acceptors (Lipinski definition) is 4. The molecule has 2 amide bonds. The molecule has 2 aliphatic rings. The number of benzene rings is 3. The largest absolute Gasteiger partial charge is 0.367 e. The molecule has 1 unspecified atom stereocenters. The maximum atomic E-state index is 13.9. The van der Waals surface area contributed by atoms with Gasteiger partial charge >= 0.3 is 0 Å². The molecule has 226 valence electrons. The van der Waals surface area contributed by atoms with E-state index in [1.807, 2.05) is 39.0 Å². The lowest BCUT2D eigenvalue weighted by Crippen LogP contribution is -2.39. The van der Waals surface area contributed by atoms with Crippen molar-refractivity contribution in [3.63, 3.8) is 0 Å². The van der Waals surface area contributed by atoms with Gasteiger partial charge in [0.05, 0.1) is 28.1 Å². The van der Waals surface area contributed by atoms with Crippen LogP contribution in [0.1, 0.15) is 69.6 Å². The first-order valence-corrected chi connectivity index (χ1v) is 14.7. The molecular weight excluding hydrogens is 565 g/mol. The number of anilines is 1. The highest BCUT2D eigenvalue weighted by molar-refractivity contribution is 6.12. The minimum atomic E-state index is -0.904. The SMILES string of the molecule is CC(C)Cc1nc2c(c(-c3ccc4c(c3)CCN4Cc3ccc(F)c(F)c3)c1C(N)=O)C(=O)NC2(C)Cc1ccc(F)cc1. The number of halogens is 3. The van der Waals surface area contributed by atoms with Crippen LogP contribution in [0.25, 0.3) is 11.1 Å². The van der Waals surface area contributed by atoms with E-state index in [2.05, 4.69) is 10.2 Å². The predicted molar refractivity (Wildman–Crippen MR) is 163 cm³/mol. The Bertz CT molecular complexity index is 1810. The summed E-state index contributed by atoms with van der Waals surface area (Å²) in [6, 6.07) is 15.8. The molecule has 0 saturated carbocycles. The number of carbonyl (C=O) groups is 2. The molecule has 4 aromatic rings. The summed E-state index contributed by atoms with van der Waals surface area (Å²) in [5.41, 5.74) is 11.3. The van der Waals surface area contributed by atoms with Crippen molar-refractivity contribution < 1.29 is 22.8 Å². The van der Waals surface area contributed by atoms with Crippen molar-refractivity contribution in [1.29, 1.82) is 0 Å². The van der Waals surface area contributed by atoms with E-state index in [9.17, 15) is 22.8 Å². The van der Waals surface area contributed by atoms with Crippen LogP contribution in [0.5, 0.6) is 0 Å². The highest BCUT2D eigenvalue weighted by Gasteiger charge is 2.44. The average molecular weight is 599 g/mol. The fraction of sp³-hybridized carbons (Fsp3) is 0.286. The molecule has 0 spiro atoms. The standard InChI is InChI=1S/C35H33F3N4O2/c1-19(2)14-27-30(33(39)43)29(31-32(40-27)35(3,41-34(31)44)17-20-4-8-24(36)9-5-20)23-7-11-28-22(16-23)12-13-42(28)18-21-6-10-25(37)26(38)15-21/h4-11,15-16,19H,12-14,17-18H2,1-3H3,(H2,39,43)(H,41,44). The number of hydrogen-bond donors (Lipinski definition) is 2. The summed E-state index contributed by atoms with van der Waals surface area (Å²) < 4.78 is 41.0. The molecular formula is C35H33F3N4O2. The Balaban J connectivity index is 1.46. The van der Waals surface area contributed by atoms with Gasteiger partial charge < -0.3 is 16.0 Å². The van der Waals surface area contributed by atoms with Crippen LogP contribution >= 0.6 is 0 Å². The molecule has 3 heterocycles. The molecule has 3 aromatic carbocycles. The number of nitrogens with zero attached hydrogens (tertiary/aromatic N) is 2. The predicted octanol–water partition coefficient (Wildman–Crippen LogP) is 6.23. The van der Waals surface area contributed by atoms with E-state index in [0.29, 0.717) is 66.0 Å². The monoisotopic (exact) mass is 598 g/mol. The molecule has 6 nitrogen and oxygen atoms in total. The number of nitrogens with one attached hydrogen (secondary N) is 1. The zero-order valence-corrected chi connectivity index (χ0v) is 24.8. The van der Waals surface area contributed by atoms with Gasteiger partial charge in [0.15, 0.2) is 11.6 Å². The van der Waals surface area contributed by atoms with Gasteiger partial charge in [0.1, 0.15) is 5.82 Å². The van der Waals surface area contributed by atoms with E-state index in [4.69, 9.17) is 10.7 Å². The van der Waals surface area contributed by atoms with E-state index < -0.39 is 23.1 Å². The molecule has 0 radical (unpaired) electrons. The first-order valence-electron chi connectivity index (χ1n) is 14.7. The third-order valence-electron chi connectivity index (χ3n) is 8.45. The van der Waals surface area contributed by atoms with Crippen LogP contribution in [-0.4, -0.2) is 23.3 Å². The van der Waals surface area contributed by atoms with Crippen molar-refractivity contribution in [3.05, 3.63) is 117 Å². The molecule has 3 N–H and O–H groups in total. The Morgan fingerprint density at radius 1 is 1.00 bits per heavy atom. The molecule has 0 fully saturated rings. The van der Waals surface area contributed by atoms with Crippen LogP contribution in [0.2, 0.25) is 0 Å². The van der Waals surface area contributed by atoms with Gasteiger partial charge in [-0.1, -0.05) is 38.1 Å². The topological polar surface area (TPSA) is 88.3 Å². The summed E-state index contributed by atoms with van der Waals surface area (Å²) in [7, 11) is 0. The summed E-state index contributed by atoms with van der Waals surface area (Å²) in [6.45, 7) is 7.01. The number of aromatic nitrogens is 1. The second-order valence-electron chi connectivity index (χ2n) is 12.3. The van der Waals surface area contributed by atoms with Gasteiger partial charge in [0.25, 0.3) is 11.8 Å². The van der Waals surface area contributed by atoms with Crippen molar-refractivity contribution in [2.75, 3.05) is 11.4 Å². The Hall–Kier alpha value is -4.66. The molecule has 0 aliphatic carbocycles. The summed E-state index contributed by atoms with van der Waals surface area (Å²) in [4.78, 5) is 33.8. The second kappa shape index (κ2) is 11.1. The van der Waals surface area contributed by atoms with Gasteiger partial charge in [-0.15, -0.1) is 0 Å². The van der Waals surface area contributed by atoms with Crippen LogP contribution in [-0.2, 0) is 31.3 Å². The van der Waals surface area contributed by atoms with Crippen LogP contribution in [0.3, 0.4) is 0 Å². The maximum Gasteiger partial charge on any atom is 0.254 e. The Kier molecular flexibility index (Phi) is 7.43. The summed E-state index contributed by atoms with van der Waals surface area (Å²) in [6.07, 6.45) is 1.55. The lowest BCUT2D eigenvalue weighted by Gasteiger charge is -2.26. The number of primary amides is 1. The van der Waals surface area contributed by atoms with Crippen molar-refractivity contribution in [1.82, 2.24) is 10.3 Å². The van der Waals surface area contributed by atoms with E-state index in [-0.39, 0.29) is 23.2 Å². The van der Waals surface area contributed by atoms with Crippen molar-refractivity contribution in [3.8, 4) is 11.1 Å². The smallest absolute Gasteiger partial charge is 0.254 e. The van der Waals surface area contributed by atoms with E-state index in [0.717, 1.165) is 22.9 Å². The normalized spacial score (nSPS) is 17.2. The molecule has 9 heteroatoms. The first-order chi connectivity index (χ1) is 20.9. The minimum absolute atomic E-state index is 0.157. The average Bonchev–Trinajstić information content (AvgIpc) is 3.47. The fourth-order valence-electron chi connectivity index (χ4n) is 6.50. The molecule has 0 saturated heterocycles. The maximum absolute atomic E-state index is 13.9. The Morgan fingerprint density at radius 3 is 2.41 bits per heavy atom. The number of fused-ring (bicyclic) bond motifs is 2. The summed E-state index contributed by atoms with van der Waals surface area (Å²) >= 11 is 0.